The molecular formula is C11H22Mn. The molecule has 0 saturated carbocycles. The second kappa shape index (κ2) is 8.13. The summed E-state index contributed by atoms with van der Waals surface area (Å²) in [6.45, 7) is 13.0. The summed E-state index contributed by atoms with van der Waals surface area (Å²) in [4.78, 5) is 0. The van der Waals surface area contributed by atoms with Crippen molar-refractivity contribution in [1.82, 2.24) is 0 Å². The zero-order valence-electron chi connectivity index (χ0n) is 8.86. The summed E-state index contributed by atoms with van der Waals surface area (Å²) in [5, 5.41) is 0. The van der Waals surface area contributed by atoms with Crippen LogP contribution in [-0.4, -0.2) is 0 Å². The zero-order valence-corrected chi connectivity index (χ0v) is 10.0. The standard InChI is InChI=1S/C11H22.Mn/c1-6-7-8-11(9(2)3)10(4)5;/h9-10H,1,6-8H2,2-5H3;/q-2;+2. The van der Waals surface area contributed by atoms with Crippen molar-refractivity contribution in [2.24, 2.45) is 11.8 Å². The predicted octanol–water partition coefficient (Wildman–Crippen LogP) is 3.87. The molecule has 1 radical (unpaired) electrons. The quantitative estimate of drug-likeness (QED) is 0.476. The average Bonchev–Trinajstić information content (AvgIpc) is 1.87. The first-order valence-corrected chi connectivity index (χ1v) is 4.74. The van der Waals surface area contributed by atoms with Gasteiger partial charge in [0.2, 0.25) is 0 Å². The van der Waals surface area contributed by atoms with Gasteiger partial charge >= 0.3 is 17.1 Å². The van der Waals surface area contributed by atoms with Gasteiger partial charge in [0.25, 0.3) is 0 Å². The SMILES string of the molecule is [CH2-]CCC[C-](C(C)C)C(C)C.[Mn+2]. The topological polar surface area (TPSA) is 0 Å². The van der Waals surface area contributed by atoms with Crippen molar-refractivity contribution in [3.63, 3.8) is 0 Å². The van der Waals surface area contributed by atoms with E-state index in [9.17, 15) is 0 Å². The second-order valence-electron chi connectivity index (χ2n) is 3.84. The molecule has 0 spiro atoms. The molecule has 0 nitrogen and oxygen atoms in total. The molecule has 73 valence electrons. The van der Waals surface area contributed by atoms with Crippen molar-refractivity contribution in [3.8, 4) is 0 Å². The van der Waals surface area contributed by atoms with Gasteiger partial charge in [-0.05, 0) is 0 Å². The van der Waals surface area contributed by atoms with Crippen LogP contribution in [0, 0.1) is 24.7 Å². The Balaban J connectivity index is 0. The van der Waals surface area contributed by atoms with Gasteiger partial charge in [-0.2, -0.15) is 24.7 Å². The van der Waals surface area contributed by atoms with Gasteiger partial charge in [-0.25, -0.2) is 0 Å². The maximum Gasteiger partial charge on any atom is 2.00 e. The van der Waals surface area contributed by atoms with Crippen molar-refractivity contribution in [1.29, 1.82) is 0 Å². The van der Waals surface area contributed by atoms with Crippen LogP contribution in [0.4, 0.5) is 0 Å². The molecule has 0 N–H and O–H groups in total. The van der Waals surface area contributed by atoms with E-state index in [0.29, 0.717) is 0 Å². The van der Waals surface area contributed by atoms with E-state index >= 15 is 0 Å². The monoisotopic (exact) mass is 209 g/mol. The van der Waals surface area contributed by atoms with E-state index in [4.69, 9.17) is 0 Å². The maximum atomic E-state index is 3.86. The first kappa shape index (κ1) is 15.0. The second-order valence-corrected chi connectivity index (χ2v) is 3.84. The fraction of sp³-hybridized carbons (Fsp3) is 0.818. The number of hydrogen-bond acceptors (Lipinski definition) is 0. The van der Waals surface area contributed by atoms with Crippen LogP contribution in [0.25, 0.3) is 0 Å². The first-order chi connectivity index (χ1) is 5.09. The molecule has 1 heteroatoms. The van der Waals surface area contributed by atoms with Crippen molar-refractivity contribution >= 4 is 0 Å². The summed E-state index contributed by atoms with van der Waals surface area (Å²) in [6, 6.07) is 0. The molecule has 0 aliphatic carbocycles. The van der Waals surface area contributed by atoms with Crippen LogP contribution in [0.15, 0.2) is 0 Å². The van der Waals surface area contributed by atoms with Crippen LogP contribution in [-0.2, 0) is 17.1 Å². The molecule has 0 aliphatic rings. The average molecular weight is 209 g/mol. The summed E-state index contributed by atoms with van der Waals surface area (Å²) >= 11 is 0. The molecule has 0 aliphatic heterocycles. The molecule has 0 saturated heterocycles. The van der Waals surface area contributed by atoms with E-state index in [1.165, 1.54) is 12.8 Å². The summed E-state index contributed by atoms with van der Waals surface area (Å²) in [5.41, 5.74) is 0. The van der Waals surface area contributed by atoms with Crippen LogP contribution in [0.2, 0.25) is 0 Å². The van der Waals surface area contributed by atoms with Crippen molar-refractivity contribution < 1.29 is 17.1 Å². The minimum absolute atomic E-state index is 0. The molecule has 0 aromatic rings. The zero-order chi connectivity index (χ0) is 8.85. The van der Waals surface area contributed by atoms with Gasteiger partial charge in [-0.1, -0.05) is 27.7 Å². The van der Waals surface area contributed by atoms with Crippen LogP contribution in [0.5, 0.6) is 0 Å². The van der Waals surface area contributed by atoms with Gasteiger partial charge in [0, 0.05) is 0 Å². The largest absolute Gasteiger partial charge is 2.00 e. The van der Waals surface area contributed by atoms with Crippen LogP contribution in [0.3, 0.4) is 0 Å². The van der Waals surface area contributed by atoms with Crippen molar-refractivity contribution in [3.05, 3.63) is 12.8 Å². The van der Waals surface area contributed by atoms with E-state index in [2.05, 4.69) is 34.6 Å². The van der Waals surface area contributed by atoms with E-state index in [0.717, 1.165) is 18.3 Å². The fourth-order valence-corrected chi connectivity index (χ4v) is 1.57. The Morgan fingerprint density at radius 3 is 1.75 bits per heavy atom. The Morgan fingerprint density at radius 2 is 1.50 bits per heavy atom. The third kappa shape index (κ3) is 6.08. The maximum absolute atomic E-state index is 3.86. The molecule has 0 aromatic carbocycles. The first-order valence-electron chi connectivity index (χ1n) is 4.74. The van der Waals surface area contributed by atoms with E-state index in [-0.39, 0.29) is 17.1 Å². The molecule has 0 bridgehead atoms. The van der Waals surface area contributed by atoms with Crippen LogP contribution < -0.4 is 0 Å². The molecule has 0 rings (SSSR count). The van der Waals surface area contributed by atoms with Gasteiger partial charge in [0.15, 0.2) is 0 Å². The molecule has 0 unspecified atom stereocenters. The summed E-state index contributed by atoms with van der Waals surface area (Å²) in [5.74, 6) is 3.21. The number of unbranched alkanes of at least 4 members (excludes halogenated alkanes) is 1. The van der Waals surface area contributed by atoms with Gasteiger partial charge in [0.05, 0.1) is 0 Å². The smallest absolute Gasteiger partial charge is 0.343 e. The Bertz CT molecular complexity index is 79.0. The molecule has 0 atom stereocenters. The van der Waals surface area contributed by atoms with Gasteiger partial charge < -0.3 is 12.8 Å². The van der Waals surface area contributed by atoms with E-state index in [1.54, 1.807) is 5.92 Å². The van der Waals surface area contributed by atoms with E-state index < -0.39 is 0 Å². The molecular weight excluding hydrogens is 187 g/mol. The van der Waals surface area contributed by atoms with Gasteiger partial charge in [-0.3, -0.25) is 0 Å². The minimum Gasteiger partial charge on any atom is -0.343 e. The summed E-state index contributed by atoms with van der Waals surface area (Å²) in [6.07, 6.45) is 3.60. The molecule has 0 heterocycles. The molecule has 12 heavy (non-hydrogen) atoms. The summed E-state index contributed by atoms with van der Waals surface area (Å²) in [7, 11) is 0. The Labute approximate surface area is 89.0 Å². The van der Waals surface area contributed by atoms with Crippen LogP contribution >= 0.6 is 0 Å². The van der Waals surface area contributed by atoms with Gasteiger partial charge in [-0.15, -0.1) is 6.42 Å². The predicted molar refractivity (Wildman–Crippen MR) is 52.1 cm³/mol. The molecule has 0 amide bonds. The number of rotatable bonds is 5. The normalized spacial score (nSPS) is 11.0. The molecule has 0 aromatic heterocycles. The number of hydrogen-bond donors (Lipinski definition) is 0. The van der Waals surface area contributed by atoms with Crippen molar-refractivity contribution in [2.45, 2.75) is 47.0 Å². The Hall–Kier alpha value is 0.519. The Kier molecular flexibility index (Phi) is 10.2. The van der Waals surface area contributed by atoms with Crippen LogP contribution in [0.1, 0.15) is 47.0 Å². The van der Waals surface area contributed by atoms with Gasteiger partial charge in [0.1, 0.15) is 0 Å². The molecule has 0 fully saturated rings. The Morgan fingerprint density at radius 1 is 1.08 bits per heavy atom. The third-order valence-electron chi connectivity index (χ3n) is 2.20. The van der Waals surface area contributed by atoms with Crippen molar-refractivity contribution in [2.75, 3.05) is 0 Å². The van der Waals surface area contributed by atoms with E-state index in [1.807, 2.05) is 0 Å². The third-order valence-corrected chi connectivity index (χ3v) is 2.20. The summed E-state index contributed by atoms with van der Waals surface area (Å²) < 4.78 is 0. The minimum atomic E-state index is 0. The fourth-order valence-electron chi connectivity index (χ4n) is 1.57.